The molecule has 2 heterocycles. The van der Waals surface area contributed by atoms with E-state index in [0.29, 0.717) is 11.6 Å². The number of ether oxygens (including phenoxy) is 1. The number of anilines is 1. The van der Waals surface area contributed by atoms with Gasteiger partial charge < -0.3 is 19.9 Å². The Bertz CT molecular complexity index is 1170. The minimum atomic E-state index is -0.189. The van der Waals surface area contributed by atoms with Crippen molar-refractivity contribution in [3.63, 3.8) is 0 Å². The predicted molar refractivity (Wildman–Crippen MR) is 137 cm³/mol. The molecule has 1 aliphatic rings. The maximum absolute atomic E-state index is 13.3. The summed E-state index contributed by atoms with van der Waals surface area (Å²) in [6.07, 6.45) is 4.93. The van der Waals surface area contributed by atoms with E-state index in [4.69, 9.17) is 4.74 Å². The molecule has 1 saturated heterocycles. The summed E-state index contributed by atoms with van der Waals surface area (Å²) in [6.45, 7) is 5.97. The Kier molecular flexibility index (Phi) is 6.93. The van der Waals surface area contributed by atoms with Crippen LogP contribution < -0.4 is 15.0 Å². The number of carbonyl (C=O) groups is 1. The lowest BCUT2D eigenvalue weighted by molar-refractivity contribution is 0.0939. The summed E-state index contributed by atoms with van der Waals surface area (Å²) >= 11 is 0. The average Bonchev–Trinajstić information content (AvgIpc) is 3.48. The fourth-order valence-corrected chi connectivity index (χ4v) is 4.53. The first-order chi connectivity index (χ1) is 16.2. The van der Waals surface area contributed by atoms with Crippen molar-refractivity contribution in [2.75, 3.05) is 39.2 Å². The van der Waals surface area contributed by atoms with Crippen molar-refractivity contribution >= 4 is 11.6 Å². The maximum atomic E-state index is 13.3. The van der Waals surface area contributed by atoms with Gasteiger partial charge in [0.25, 0.3) is 5.91 Å². The van der Waals surface area contributed by atoms with Crippen molar-refractivity contribution in [1.82, 2.24) is 20.0 Å². The maximum Gasteiger partial charge on any atom is 0.252 e. The fraction of sp³-hybridized carbons (Fsp3) is 0.407. The molecule has 1 aliphatic heterocycles. The molecular formula is C27H35N5O2. The smallest absolute Gasteiger partial charge is 0.252 e. The number of amides is 1. The summed E-state index contributed by atoms with van der Waals surface area (Å²) in [6, 6.07) is 12.6. The van der Waals surface area contributed by atoms with Gasteiger partial charge >= 0.3 is 0 Å². The van der Waals surface area contributed by atoms with E-state index in [9.17, 15) is 4.79 Å². The van der Waals surface area contributed by atoms with Crippen LogP contribution in [-0.2, 0) is 7.05 Å². The Morgan fingerprint density at radius 2 is 2.00 bits per heavy atom. The first-order valence-corrected chi connectivity index (χ1v) is 11.8. The molecule has 1 aromatic heterocycles. The van der Waals surface area contributed by atoms with Gasteiger partial charge in [-0.1, -0.05) is 6.07 Å². The zero-order valence-corrected chi connectivity index (χ0v) is 21.0. The highest BCUT2D eigenvalue weighted by molar-refractivity contribution is 5.97. The number of nitrogens with zero attached hydrogens (tertiary/aromatic N) is 4. The van der Waals surface area contributed by atoms with Crippen LogP contribution >= 0.6 is 0 Å². The molecule has 0 radical (unpaired) electrons. The molecule has 3 aromatic rings. The highest BCUT2D eigenvalue weighted by Gasteiger charge is 2.25. The van der Waals surface area contributed by atoms with Crippen LogP contribution in [0.5, 0.6) is 5.75 Å². The van der Waals surface area contributed by atoms with Crippen LogP contribution in [0.25, 0.3) is 11.1 Å². The molecule has 1 amide bonds. The Balaban J connectivity index is 1.54. The molecule has 1 unspecified atom stereocenters. The molecule has 0 bridgehead atoms. The second-order valence-electron chi connectivity index (χ2n) is 9.44. The third kappa shape index (κ3) is 5.09. The molecule has 2 atom stereocenters. The molecule has 0 saturated carbocycles. The highest BCUT2D eigenvalue weighted by Crippen LogP contribution is 2.29. The number of rotatable bonds is 7. The molecule has 0 spiro atoms. The van der Waals surface area contributed by atoms with Gasteiger partial charge in [0.1, 0.15) is 5.75 Å². The standard InChI is InChI=1S/C27H35N5O2/c1-18-7-8-23(32-10-9-24(17-32)30(3)4)14-26(18)27(33)29-19(2)20-11-21(13-25(12-20)34-6)22-15-28-31(5)16-22/h7-8,11-16,19,24H,9-10,17H2,1-6H3,(H,29,33)/t19-,24?/m1/s1. The van der Waals surface area contributed by atoms with Crippen LogP contribution in [0, 0.1) is 6.92 Å². The van der Waals surface area contributed by atoms with Gasteiger partial charge in [-0.2, -0.15) is 5.10 Å². The number of aryl methyl sites for hydroxylation is 2. The van der Waals surface area contributed by atoms with Gasteiger partial charge in [0, 0.05) is 49.2 Å². The van der Waals surface area contributed by atoms with E-state index in [2.05, 4.69) is 46.4 Å². The normalized spacial score (nSPS) is 16.7. The number of benzene rings is 2. The topological polar surface area (TPSA) is 62.6 Å². The molecule has 180 valence electrons. The van der Waals surface area contributed by atoms with Gasteiger partial charge in [-0.15, -0.1) is 0 Å². The van der Waals surface area contributed by atoms with Crippen molar-refractivity contribution in [2.24, 2.45) is 7.05 Å². The molecule has 0 aliphatic carbocycles. The van der Waals surface area contributed by atoms with E-state index < -0.39 is 0 Å². The Morgan fingerprint density at radius 1 is 1.21 bits per heavy atom. The average molecular weight is 462 g/mol. The second kappa shape index (κ2) is 9.89. The van der Waals surface area contributed by atoms with Crippen LogP contribution in [0.1, 0.15) is 40.9 Å². The van der Waals surface area contributed by atoms with Crippen LogP contribution in [0.2, 0.25) is 0 Å². The monoisotopic (exact) mass is 461 g/mol. The number of nitrogens with one attached hydrogen (secondary N) is 1. The first-order valence-electron chi connectivity index (χ1n) is 11.8. The largest absolute Gasteiger partial charge is 0.497 e. The number of carbonyl (C=O) groups excluding carboxylic acids is 1. The lowest BCUT2D eigenvalue weighted by Gasteiger charge is -2.23. The van der Waals surface area contributed by atoms with Gasteiger partial charge in [0.05, 0.1) is 19.3 Å². The molecule has 1 N–H and O–H groups in total. The van der Waals surface area contributed by atoms with Gasteiger partial charge in [-0.05, 0) is 81.4 Å². The first kappa shape index (κ1) is 23.8. The zero-order valence-electron chi connectivity index (χ0n) is 21.0. The van der Waals surface area contributed by atoms with Crippen molar-refractivity contribution in [3.05, 3.63) is 65.5 Å². The lowest BCUT2D eigenvalue weighted by Crippen LogP contribution is -2.31. The van der Waals surface area contributed by atoms with Gasteiger partial charge in [0.15, 0.2) is 0 Å². The minimum absolute atomic E-state index is 0.0686. The molecule has 34 heavy (non-hydrogen) atoms. The quantitative estimate of drug-likeness (QED) is 0.576. The van der Waals surface area contributed by atoms with E-state index in [-0.39, 0.29) is 11.9 Å². The van der Waals surface area contributed by atoms with E-state index >= 15 is 0 Å². The molecule has 2 aromatic carbocycles. The Hall–Kier alpha value is -3.32. The number of methoxy groups -OCH3 is 1. The summed E-state index contributed by atoms with van der Waals surface area (Å²) in [7, 11) is 7.81. The van der Waals surface area contributed by atoms with E-state index in [1.165, 1.54) is 0 Å². The van der Waals surface area contributed by atoms with Gasteiger partial charge in [-0.25, -0.2) is 0 Å². The Labute approximate surface area is 202 Å². The van der Waals surface area contributed by atoms with Gasteiger partial charge in [-0.3, -0.25) is 9.48 Å². The summed E-state index contributed by atoms with van der Waals surface area (Å²) < 4.78 is 7.31. The summed E-state index contributed by atoms with van der Waals surface area (Å²) in [5.74, 6) is 0.682. The molecule has 1 fully saturated rings. The second-order valence-corrected chi connectivity index (χ2v) is 9.44. The molecule has 7 nitrogen and oxygen atoms in total. The third-order valence-electron chi connectivity index (χ3n) is 6.77. The van der Waals surface area contributed by atoms with Crippen LogP contribution in [0.3, 0.4) is 0 Å². The number of aromatic nitrogens is 2. The van der Waals surface area contributed by atoms with Crippen LogP contribution in [0.15, 0.2) is 48.8 Å². The van der Waals surface area contributed by atoms with E-state index in [1.807, 2.05) is 57.6 Å². The van der Waals surface area contributed by atoms with E-state index in [1.54, 1.807) is 11.8 Å². The van der Waals surface area contributed by atoms with Crippen LogP contribution in [0.4, 0.5) is 5.69 Å². The van der Waals surface area contributed by atoms with E-state index in [0.717, 1.165) is 53.2 Å². The van der Waals surface area contributed by atoms with Gasteiger partial charge in [0.2, 0.25) is 0 Å². The number of hydrogen-bond donors (Lipinski definition) is 1. The van der Waals surface area contributed by atoms with Crippen LogP contribution in [-0.4, -0.2) is 60.9 Å². The third-order valence-corrected chi connectivity index (χ3v) is 6.77. The summed E-state index contributed by atoms with van der Waals surface area (Å²) in [5.41, 5.74) is 5.78. The summed E-state index contributed by atoms with van der Waals surface area (Å²) in [4.78, 5) is 18.0. The van der Waals surface area contributed by atoms with Crippen molar-refractivity contribution < 1.29 is 9.53 Å². The van der Waals surface area contributed by atoms with Crippen molar-refractivity contribution in [2.45, 2.75) is 32.4 Å². The number of hydrogen-bond acceptors (Lipinski definition) is 5. The van der Waals surface area contributed by atoms with Crippen molar-refractivity contribution in [3.8, 4) is 16.9 Å². The fourth-order valence-electron chi connectivity index (χ4n) is 4.53. The summed E-state index contributed by atoms with van der Waals surface area (Å²) in [5, 5.41) is 7.47. The zero-order chi connectivity index (χ0) is 24.4. The minimum Gasteiger partial charge on any atom is -0.497 e. The van der Waals surface area contributed by atoms with Crippen molar-refractivity contribution in [1.29, 1.82) is 0 Å². The SMILES string of the molecule is COc1cc(-c2cnn(C)c2)cc([C@@H](C)NC(=O)c2cc(N3CCC(N(C)C)C3)ccc2C)c1. The lowest BCUT2D eigenvalue weighted by atomic mass is 10.0. The molecule has 4 rings (SSSR count). The predicted octanol–water partition coefficient (Wildman–Crippen LogP) is 4.04. The molecule has 7 heteroatoms. The Morgan fingerprint density at radius 3 is 2.65 bits per heavy atom. The highest BCUT2D eigenvalue weighted by atomic mass is 16.5. The number of likely N-dealkylation sites (N-methyl/N-ethyl adjacent to an activating group) is 1. The molecular weight excluding hydrogens is 426 g/mol.